The molecule has 0 rings (SSSR count). The van der Waals surface area contributed by atoms with Gasteiger partial charge in [-0.25, -0.2) is 0 Å². The van der Waals surface area contributed by atoms with Crippen LogP contribution in [0.3, 0.4) is 0 Å². The summed E-state index contributed by atoms with van der Waals surface area (Å²) in [5.74, 6) is -2.74. The van der Waals surface area contributed by atoms with Gasteiger partial charge in [0.15, 0.2) is 0 Å². The van der Waals surface area contributed by atoms with Crippen LogP contribution >= 0.6 is 7.26 Å². The number of carbonyl (C=O) groups excluding carboxylic acids is 1. The molecule has 0 aromatic heterocycles. The fourth-order valence-electron chi connectivity index (χ4n) is 4.28. The van der Waals surface area contributed by atoms with Crippen molar-refractivity contribution in [2.45, 2.75) is 83.6 Å². The number of rotatable bonds is 2. The Morgan fingerprint density at radius 1 is 0.889 bits per heavy atom. The summed E-state index contributed by atoms with van der Waals surface area (Å²) < 4.78 is 0. The molecule has 0 aromatic carbocycles. The summed E-state index contributed by atoms with van der Waals surface area (Å²) >= 11 is 0. The van der Waals surface area contributed by atoms with E-state index in [9.17, 15) is 15.0 Å². The maximum Gasteiger partial charge on any atom is 0.205 e. The molecule has 1 N–H and O–H groups in total. The molecule has 3 nitrogen and oxygen atoms in total. The second kappa shape index (κ2) is 4.76. The maximum absolute atomic E-state index is 11.4. The minimum atomic E-state index is -2.30. The molecule has 1 atom stereocenters. The molecule has 0 aromatic rings. The third kappa shape index (κ3) is 2.58. The Morgan fingerprint density at radius 3 is 1.17 bits per heavy atom. The molecule has 0 saturated carbocycles. The Labute approximate surface area is 112 Å². The molecule has 0 heterocycles. The van der Waals surface area contributed by atoms with Crippen molar-refractivity contribution >= 4 is 13.2 Å². The van der Waals surface area contributed by atoms with E-state index < -0.39 is 19.1 Å². The summed E-state index contributed by atoms with van der Waals surface area (Å²) in [6, 6.07) is 0. The number of hydrogen-bond donors (Lipinski definition) is 1. The Bertz CT molecular complexity index is 279. The molecule has 18 heavy (non-hydrogen) atoms. The van der Waals surface area contributed by atoms with Gasteiger partial charge in [-0.05, 0) is 62.3 Å². The fourth-order valence-corrected chi connectivity index (χ4v) is 12.8. The van der Waals surface area contributed by atoms with Gasteiger partial charge in [-0.1, -0.05) is 0 Å². The molecule has 0 saturated heterocycles. The van der Waals surface area contributed by atoms with E-state index in [1.165, 1.54) is 0 Å². The highest BCUT2D eigenvalue weighted by atomic mass is 31.2. The van der Waals surface area contributed by atoms with E-state index in [4.69, 9.17) is 0 Å². The van der Waals surface area contributed by atoms with Crippen LogP contribution in [-0.2, 0) is 4.79 Å². The molecule has 0 aliphatic rings. The second-order valence-corrected chi connectivity index (χ2v) is 13.9. The first-order valence-electron chi connectivity index (χ1n) is 6.38. The van der Waals surface area contributed by atoms with E-state index in [1.807, 2.05) is 62.3 Å². The van der Waals surface area contributed by atoms with Gasteiger partial charge in [-0.3, -0.25) is 0 Å². The van der Waals surface area contributed by atoms with E-state index in [-0.39, 0.29) is 15.5 Å². The summed E-state index contributed by atoms with van der Waals surface area (Å²) in [5.41, 5.74) is 0. The van der Waals surface area contributed by atoms with Crippen LogP contribution in [0, 0.1) is 0 Å². The molecule has 0 amide bonds. The first kappa shape index (κ1) is 17.9. The average molecular weight is 276 g/mol. The fraction of sp³-hybridized carbons (Fsp3) is 0.929. The van der Waals surface area contributed by atoms with Crippen LogP contribution in [0.1, 0.15) is 62.3 Å². The Kier molecular flexibility index (Phi) is 4.72. The van der Waals surface area contributed by atoms with Crippen molar-refractivity contribution in [3.05, 3.63) is 0 Å². The SMILES string of the molecule is CC(C)(C)[P+](C(O)C(=O)[O-])(C(C)(C)C)C(C)(C)C. The van der Waals surface area contributed by atoms with Crippen LogP contribution in [-0.4, -0.2) is 32.4 Å². The Balaban J connectivity index is 6.36. The lowest BCUT2D eigenvalue weighted by Gasteiger charge is -2.56. The molecule has 0 spiro atoms. The van der Waals surface area contributed by atoms with Gasteiger partial charge in [0, 0.05) is 0 Å². The second-order valence-electron chi connectivity index (χ2n) is 7.93. The van der Waals surface area contributed by atoms with Crippen LogP contribution in [0.25, 0.3) is 0 Å². The van der Waals surface area contributed by atoms with Gasteiger partial charge < -0.3 is 15.0 Å². The Morgan fingerprint density at radius 2 is 1.11 bits per heavy atom. The molecule has 0 aliphatic carbocycles. The highest BCUT2D eigenvalue weighted by Crippen LogP contribution is 2.85. The minimum Gasteiger partial charge on any atom is -0.544 e. The smallest absolute Gasteiger partial charge is 0.205 e. The van der Waals surface area contributed by atoms with Crippen LogP contribution < -0.4 is 5.11 Å². The van der Waals surface area contributed by atoms with Gasteiger partial charge in [0.05, 0.1) is 22.7 Å². The standard InChI is InChI=1S/C14H29O3P/c1-12(2,3)18(13(4,5)6,14(7,8)9)11(17)10(15)16/h11,17H,1-9H3. The first-order valence-corrected chi connectivity index (χ1v) is 8.24. The summed E-state index contributed by atoms with van der Waals surface area (Å²) in [5, 5.41) is 21.0. The molecule has 0 bridgehead atoms. The highest BCUT2D eigenvalue weighted by Gasteiger charge is 2.69. The number of aliphatic hydroxyl groups excluding tert-OH is 1. The third-order valence-electron chi connectivity index (χ3n) is 3.75. The van der Waals surface area contributed by atoms with Crippen LogP contribution in [0.15, 0.2) is 0 Å². The van der Waals surface area contributed by atoms with E-state index in [0.29, 0.717) is 0 Å². The summed E-state index contributed by atoms with van der Waals surface area (Å²) in [6.07, 6.45) is 0. The summed E-state index contributed by atoms with van der Waals surface area (Å²) in [6.45, 7) is 18.3. The topological polar surface area (TPSA) is 60.4 Å². The number of aliphatic carboxylic acids is 1. The van der Waals surface area contributed by atoms with Crippen LogP contribution in [0.2, 0.25) is 0 Å². The molecule has 1 unspecified atom stereocenters. The van der Waals surface area contributed by atoms with Gasteiger partial charge in [0.2, 0.25) is 5.85 Å². The van der Waals surface area contributed by atoms with Crippen molar-refractivity contribution in [3.63, 3.8) is 0 Å². The summed E-state index contributed by atoms with van der Waals surface area (Å²) in [7, 11) is -2.30. The molecule has 0 fully saturated rings. The maximum atomic E-state index is 11.4. The van der Waals surface area contributed by atoms with Crippen molar-refractivity contribution in [2.75, 3.05) is 0 Å². The van der Waals surface area contributed by atoms with Gasteiger partial charge in [-0.15, -0.1) is 0 Å². The largest absolute Gasteiger partial charge is 0.544 e. The average Bonchev–Trinajstić information content (AvgIpc) is 1.94. The summed E-state index contributed by atoms with van der Waals surface area (Å²) in [4.78, 5) is 11.4. The molecule has 0 aliphatic heterocycles. The zero-order valence-electron chi connectivity index (χ0n) is 13.3. The number of carboxylic acids is 1. The first-order chi connectivity index (χ1) is 7.60. The Hall–Kier alpha value is -0.140. The van der Waals surface area contributed by atoms with E-state index >= 15 is 0 Å². The number of aliphatic hydroxyl groups is 1. The highest BCUT2D eigenvalue weighted by molar-refractivity contribution is 7.81. The van der Waals surface area contributed by atoms with Gasteiger partial charge in [0.1, 0.15) is 5.97 Å². The van der Waals surface area contributed by atoms with Crippen molar-refractivity contribution in [1.29, 1.82) is 0 Å². The van der Waals surface area contributed by atoms with Gasteiger partial charge >= 0.3 is 0 Å². The van der Waals surface area contributed by atoms with Crippen LogP contribution in [0.5, 0.6) is 0 Å². The minimum absolute atomic E-state index is 0.275. The monoisotopic (exact) mass is 276 g/mol. The normalized spacial score (nSPS) is 16.6. The number of hydrogen-bond acceptors (Lipinski definition) is 3. The van der Waals surface area contributed by atoms with Crippen LogP contribution in [0.4, 0.5) is 0 Å². The van der Waals surface area contributed by atoms with E-state index in [1.54, 1.807) is 0 Å². The lowest BCUT2D eigenvalue weighted by molar-refractivity contribution is -0.311. The molecular formula is C14H29O3P. The number of carbonyl (C=O) groups is 1. The lowest BCUT2D eigenvalue weighted by atomic mass is 10.2. The van der Waals surface area contributed by atoms with E-state index in [0.717, 1.165) is 0 Å². The molecular weight excluding hydrogens is 247 g/mol. The van der Waals surface area contributed by atoms with Crippen molar-refractivity contribution in [2.24, 2.45) is 0 Å². The third-order valence-corrected chi connectivity index (χ3v) is 11.0. The molecule has 108 valence electrons. The van der Waals surface area contributed by atoms with Gasteiger partial charge in [-0.2, -0.15) is 0 Å². The van der Waals surface area contributed by atoms with Crippen molar-refractivity contribution in [3.8, 4) is 0 Å². The van der Waals surface area contributed by atoms with Crippen molar-refractivity contribution in [1.82, 2.24) is 0 Å². The molecule has 4 heteroatoms. The predicted molar refractivity (Wildman–Crippen MR) is 77.2 cm³/mol. The predicted octanol–water partition coefficient (Wildman–Crippen LogP) is 2.47. The number of carboxylic acid groups (broad SMARTS) is 1. The zero-order valence-corrected chi connectivity index (χ0v) is 14.2. The molecule has 0 radical (unpaired) electrons. The van der Waals surface area contributed by atoms with Gasteiger partial charge in [0.25, 0.3) is 0 Å². The van der Waals surface area contributed by atoms with Crippen molar-refractivity contribution < 1.29 is 15.0 Å². The van der Waals surface area contributed by atoms with E-state index in [2.05, 4.69) is 0 Å². The lowest BCUT2D eigenvalue weighted by Crippen LogP contribution is -2.54. The quantitative estimate of drug-likeness (QED) is 0.788. The zero-order chi connectivity index (χ0) is 15.2.